The highest BCUT2D eigenvalue weighted by atomic mass is 32.2. The van der Waals surface area contributed by atoms with Crippen LogP contribution in [-0.4, -0.2) is 55.1 Å². The number of carbonyl (C=O) groups is 1. The zero-order chi connectivity index (χ0) is 11.5. The summed E-state index contributed by atoms with van der Waals surface area (Å²) in [6, 6.07) is 0. The van der Waals surface area contributed by atoms with Crippen molar-refractivity contribution < 1.29 is 18.3 Å². The molecule has 0 atom stereocenters. The molecule has 88 valence electrons. The molecule has 5 nitrogen and oxygen atoms in total. The van der Waals surface area contributed by atoms with Crippen LogP contribution in [0, 0.1) is 0 Å². The minimum Gasteiger partial charge on any atom is -0.481 e. The number of thioether (sulfide) groups is 1. The van der Waals surface area contributed by atoms with Crippen molar-refractivity contribution in [2.24, 2.45) is 0 Å². The Morgan fingerprint density at radius 3 is 2.47 bits per heavy atom. The lowest BCUT2D eigenvalue weighted by molar-refractivity contribution is -0.138. The van der Waals surface area contributed by atoms with Gasteiger partial charge in [-0.3, -0.25) is 4.79 Å². The predicted octanol–water partition coefficient (Wildman–Crippen LogP) is -0.419. The molecule has 0 aliphatic carbocycles. The van der Waals surface area contributed by atoms with Crippen LogP contribution in [0.4, 0.5) is 0 Å². The van der Waals surface area contributed by atoms with Crippen LogP contribution in [0.3, 0.4) is 0 Å². The molecule has 1 heterocycles. The van der Waals surface area contributed by atoms with Crippen LogP contribution in [0.1, 0.15) is 6.42 Å². The summed E-state index contributed by atoms with van der Waals surface area (Å²) in [6.45, 7) is 1.29. The SMILES string of the molecule is CS(=O)(=O)CCSC1(CC(=O)O)CNC1. The maximum atomic E-state index is 10.9. The van der Waals surface area contributed by atoms with Gasteiger partial charge in [0.25, 0.3) is 0 Å². The van der Waals surface area contributed by atoms with Gasteiger partial charge in [0.1, 0.15) is 9.84 Å². The Kier molecular flexibility index (Phi) is 4.02. The van der Waals surface area contributed by atoms with Crippen molar-refractivity contribution in [1.29, 1.82) is 0 Å². The normalized spacial score (nSPS) is 19.5. The predicted molar refractivity (Wildman–Crippen MR) is 60.0 cm³/mol. The van der Waals surface area contributed by atoms with E-state index < -0.39 is 15.8 Å². The molecule has 0 spiro atoms. The van der Waals surface area contributed by atoms with Gasteiger partial charge in [0.05, 0.1) is 16.9 Å². The summed E-state index contributed by atoms with van der Waals surface area (Å²) in [6.07, 6.45) is 1.28. The first-order chi connectivity index (χ1) is 6.83. The maximum absolute atomic E-state index is 10.9. The molecule has 0 bridgehead atoms. The molecule has 0 aromatic carbocycles. The van der Waals surface area contributed by atoms with Gasteiger partial charge >= 0.3 is 5.97 Å². The number of sulfone groups is 1. The Hall–Kier alpha value is -0.270. The summed E-state index contributed by atoms with van der Waals surface area (Å²) < 4.78 is 21.5. The van der Waals surface area contributed by atoms with E-state index in [1.54, 1.807) is 0 Å². The van der Waals surface area contributed by atoms with Crippen LogP contribution in [-0.2, 0) is 14.6 Å². The molecule has 0 unspecified atom stereocenters. The lowest BCUT2D eigenvalue weighted by Gasteiger charge is -2.41. The third-order valence-electron chi connectivity index (χ3n) is 2.23. The first-order valence-corrected chi connectivity index (χ1v) is 7.62. The van der Waals surface area contributed by atoms with Crippen LogP contribution >= 0.6 is 11.8 Å². The maximum Gasteiger partial charge on any atom is 0.304 e. The van der Waals surface area contributed by atoms with Crippen molar-refractivity contribution in [3.8, 4) is 0 Å². The number of rotatable bonds is 6. The van der Waals surface area contributed by atoms with Crippen LogP contribution in [0.25, 0.3) is 0 Å². The summed E-state index contributed by atoms with van der Waals surface area (Å²) in [5.41, 5.74) is 0. The Morgan fingerprint density at radius 2 is 2.13 bits per heavy atom. The van der Waals surface area contributed by atoms with E-state index in [1.807, 2.05) is 0 Å². The van der Waals surface area contributed by atoms with Gasteiger partial charge in [-0.2, -0.15) is 11.8 Å². The first-order valence-electron chi connectivity index (χ1n) is 4.57. The second-order valence-electron chi connectivity index (χ2n) is 3.84. The number of nitrogens with one attached hydrogen (secondary N) is 1. The average Bonchev–Trinajstić information content (AvgIpc) is 1.96. The molecule has 1 rings (SSSR count). The van der Waals surface area contributed by atoms with Gasteiger partial charge in [-0.25, -0.2) is 8.42 Å². The molecular formula is C8H15NO4S2. The summed E-state index contributed by atoms with van der Waals surface area (Å²) >= 11 is 1.44. The minimum atomic E-state index is -2.95. The Morgan fingerprint density at radius 1 is 1.53 bits per heavy atom. The van der Waals surface area contributed by atoms with Crippen molar-refractivity contribution >= 4 is 27.6 Å². The van der Waals surface area contributed by atoms with E-state index in [0.717, 1.165) is 0 Å². The molecule has 0 saturated carbocycles. The van der Waals surface area contributed by atoms with Crippen LogP contribution in [0.15, 0.2) is 0 Å². The molecule has 15 heavy (non-hydrogen) atoms. The molecule has 1 aliphatic heterocycles. The zero-order valence-electron chi connectivity index (χ0n) is 8.52. The van der Waals surface area contributed by atoms with Gasteiger partial charge < -0.3 is 10.4 Å². The quantitative estimate of drug-likeness (QED) is 0.669. The van der Waals surface area contributed by atoms with Crippen LogP contribution in [0.2, 0.25) is 0 Å². The Bertz CT molecular complexity index is 335. The van der Waals surface area contributed by atoms with Gasteiger partial charge in [-0.1, -0.05) is 0 Å². The van der Waals surface area contributed by atoms with Crippen LogP contribution < -0.4 is 5.32 Å². The van der Waals surface area contributed by atoms with Gasteiger partial charge in [0.2, 0.25) is 0 Å². The van der Waals surface area contributed by atoms with Gasteiger partial charge in [-0.05, 0) is 0 Å². The molecule has 0 aromatic heterocycles. The highest BCUT2D eigenvalue weighted by molar-refractivity contribution is 8.02. The summed E-state index contributed by atoms with van der Waals surface area (Å²) in [4.78, 5) is 10.6. The highest BCUT2D eigenvalue weighted by Crippen LogP contribution is 2.33. The monoisotopic (exact) mass is 253 g/mol. The van der Waals surface area contributed by atoms with Crippen molar-refractivity contribution in [1.82, 2.24) is 5.32 Å². The Balaban J connectivity index is 2.37. The molecule has 1 saturated heterocycles. The summed E-state index contributed by atoms with van der Waals surface area (Å²) in [5.74, 6) is -0.254. The highest BCUT2D eigenvalue weighted by Gasteiger charge is 2.39. The second kappa shape index (κ2) is 4.71. The number of aliphatic carboxylic acids is 1. The number of carboxylic acids is 1. The molecular weight excluding hydrogens is 238 g/mol. The topological polar surface area (TPSA) is 83.5 Å². The van der Waals surface area contributed by atoms with E-state index in [0.29, 0.717) is 18.8 Å². The number of carboxylic acid groups (broad SMARTS) is 1. The molecule has 0 amide bonds. The molecule has 0 radical (unpaired) electrons. The van der Waals surface area contributed by atoms with Crippen molar-refractivity contribution in [2.45, 2.75) is 11.2 Å². The van der Waals surface area contributed by atoms with Gasteiger partial charge in [0.15, 0.2) is 0 Å². The van der Waals surface area contributed by atoms with E-state index in [9.17, 15) is 13.2 Å². The van der Waals surface area contributed by atoms with Crippen LogP contribution in [0.5, 0.6) is 0 Å². The molecule has 0 aromatic rings. The van der Waals surface area contributed by atoms with E-state index in [2.05, 4.69) is 5.32 Å². The molecule has 2 N–H and O–H groups in total. The average molecular weight is 253 g/mol. The smallest absolute Gasteiger partial charge is 0.304 e. The number of hydrogen-bond donors (Lipinski definition) is 2. The largest absolute Gasteiger partial charge is 0.481 e. The third-order valence-corrected chi connectivity index (χ3v) is 4.89. The van der Waals surface area contributed by atoms with Crippen molar-refractivity contribution in [2.75, 3.05) is 30.9 Å². The van der Waals surface area contributed by atoms with E-state index in [1.165, 1.54) is 18.0 Å². The van der Waals surface area contributed by atoms with Crippen molar-refractivity contribution in [3.63, 3.8) is 0 Å². The zero-order valence-corrected chi connectivity index (χ0v) is 10.2. The van der Waals surface area contributed by atoms with E-state index in [4.69, 9.17) is 5.11 Å². The summed E-state index contributed by atoms with van der Waals surface area (Å²) in [5, 5.41) is 11.7. The third kappa shape index (κ3) is 4.40. The molecule has 7 heteroatoms. The Labute approximate surface area is 93.5 Å². The summed E-state index contributed by atoms with van der Waals surface area (Å²) in [7, 11) is -2.95. The second-order valence-corrected chi connectivity index (χ2v) is 7.66. The first kappa shape index (κ1) is 12.8. The lowest BCUT2D eigenvalue weighted by Crippen LogP contribution is -2.58. The fourth-order valence-electron chi connectivity index (χ4n) is 1.37. The lowest BCUT2D eigenvalue weighted by atomic mass is 9.98. The standard InChI is InChI=1S/C8H15NO4S2/c1-15(12,13)3-2-14-8(4-7(10)11)5-9-6-8/h9H,2-6H2,1H3,(H,10,11). The fraction of sp³-hybridized carbons (Fsp3) is 0.875. The minimum absolute atomic E-state index is 0.0917. The fourth-order valence-corrected chi connectivity index (χ4v) is 3.98. The van der Waals surface area contributed by atoms with E-state index in [-0.39, 0.29) is 16.9 Å². The van der Waals surface area contributed by atoms with Gasteiger partial charge in [-0.15, -0.1) is 0 Å². The molecule has 1 fully saturated rings. The van der Waals surface area contributed by atoms with Crippen molar-refractivity contribution in [3.05, 3.63) is 0 Å². The molecule has 1 aliphatic rings. The number of hydrogen-bond acceptors (Lipinski definition) is 5. The van der Waals surface area contributed by atoms with E-state index >= 15 is 0 Å². The van der Waals surface area contributed by atoms with Gasteiger partial charge in [0, 0.05) is 25.1 Å².